The lowest BCUT2D eigenvalue weighted by Gasteiger charge is -2.19. The number of amides is 1. The van der Waals surface area contributed by atoms with Gasteiger partial charge in [0.2, 0.25) is 5.91 Å². The number of carbonyl (C=O) groups excluding carboxylic acids is 2. The van der Waals surface area contributed by atoms with Gasteiger partial charge in [0.1, 0.15) is 5.41 Å². The van der Waals surface area contributed by atoms with Gasteiger partial charge in [0, 0.05) is 32.4 Å². The Morgan fingerprint density at radius 1 is 1.43 bits per heavy atom. The third kappa shape index (κ3) is 4.70. The predicted octanol–water partition coefficient (Wildman–Crippen LogP) is 1.87. The summed E-state index contributed by atoms with van der Waals surface area (Å²) in [6.45, 7) is 6.23. The fraction of sp³-hybridized carbons (Fsp3) is 0.643. The van der Waals surface area contributed by atoms with Gasteiger partial charge in [-0.15, -0.1) is 11.3 Å². The maximum atomic E-state index is 11.9. The van der Waals surface area contributed by atoms with E-state index in [1.807, 2.05) is 5.38 Å². The quantitative estimate of drug-likeness (QED) is 0.778. The molecule has 0 bridgehead atoms. The normalized spacial score (nSPS) is 11.1. The van der Waals surface area contributed by atoms with Crippen molar-refractivity contribution in [3.63, 3.8) is 0 Å². The Balaban J connectivity index is 2.60. The van der Waals surface area contributed by atoms with Crippen LogP contribution in [0.4, 0.5) is 5.13 Å². The molecule has 6 nitrogen and oxygen atoms in total. The Bertz CT molecular complexity index is 497. The van der Waals surface area contributed by atoms with Gasteiger partial charge in [0.15, 0.2) is 5.13 Å². The van der Waals surface area contributed by atoms with Gasteiger partial charge in [-0.3, -0.25) is 9.59 Å². The molecule has 0 radical (unpaired) electrons. The highest BCUT2D eigenvalue weighted by Crippen LogP contribution is 2.28. The van der Waals surface area contributed by atoms with Crippen LogP contribution in [0.5, 0.6) is 0 Å². The average molecular weight is 313 g/mol. The second-order valence-electron chi connectivity index (χ2n) is 5.35. The minimum Gasteiger partial charge on any atom is -0.465 e. The number of nitrogens with one attached hydrogen (secondary N) is 1. The molecule has 7 heteroatoms. The van der Waals surface area contributed by atoms with E-state index in [-0.39, 0.29) is 11.9 Å². The monoisotopic (exact) mass is 313 g/mol. The Kier molecular flexibility index (Phi) is 6.14. The summed E-state index contributed by atoms with van der Waals surface area (Å²) >= 11 is 1.42. The number of nitrogens with zero attached hydrogens (tertiary/aromatic N) is 2. The second kappa shape index (κ2) is 7.40. The molecule has 0 atom stereocenters. The topological polar surface area (TPSA) is 71.5 Å². The summed E-state index contributed by atoms with van der Waals surface area (Å²) in [4.78, 5) is 29.4. The number of hydrogen-bond acceptors (Lipinski definition) is 6. The van der Waals surface area contributed by atoms with Gasteiger partial charge in [-0.2, -0.15) is 0 Å². The van der Waals surface area contributed by atoms with Gasteiger partial charge in [-0.1, -0.05) is 0 Å². The van der Waals surface area contributed by atoms with Crippen molar-refractivity contribution in [2.24, 2.45) is 0 Å². The van der Waals surface area contributed by atoms with Crippen LogP contribution >= 0.6 is 11.3 Å². The number of carbonyl (C=O) groups is 2. The van der Waals surface area contributed by atoms with Crippen LogP contribution in [-0.2, 0) is 19.7 Å². The van der Waals surface area contributed by atoms with Gasteiger partial charge in [-0.25, -0.2) is 4.98 Å². The lowest BCUT2D eigenvalue weighted by Crippen LogP contribution is -2.31. The highest BCUT2D eigenvalue weighted by Gasteiger charge is 2.33. The molecule has 118 valence electrons. The van der Waals surface area contributed by atoms with E-state index < -0.39 is 5.41 Å². The molecule has 0 saturated carbocycles. The Morgan fingerprint density at radius 3 is 2.67 bits per heavy atom. The number of ether oxygens (including phenoxy) is 1. The molecule has 1 aromatic heterocycles. The smallest absolute Gasteiger partial charge is 0.317 e. The van der Waals surface area contributed by atoms with Crippen LogP contribution < -0.4 is 5.32 Å². The van der Waals surface area contributed by atoms with Crippen molar-refractivity contribution in [2.45, 2.75) is 32.6 Å². The van der Waals surface area contributed by atoms with Crippen molar-refractivity contribution in [2.75, 3.05) is 32.6 Å². The number of aromatic nitrogens is 1. The summed E-state index contributed by atoms with van der Waals surface area (Å²) in [6, 6.07) is 0. The summed E-state index contributed by atoms with van der Waals surface area (Å²) in [7, 11) is 3.46. The van der Waals surface area contributed by atoms with Gasteiger partial charge >= 0.3 is 5.97 Å². The first-order chi connectivity index (χ1) is 9.78. The standard InChI is InChI=1S/C14H23N3O3S/c1-6-20-12(19)14(2,3)10-9-21-13(16-10)15-8-7-11(18)17(4)5/h9H,6-8H2,1-5H3,(H,15,16). The number of thiazole rings is 1. The molecule has 1 aromatic rings. The summed E-state index contributed by atoms with van der Waals surface area (Å²) in [6.07, 6.45) is 0.406. The first kappa shape index (κ1) is 17.4. The number of rotatable bonds is 7. The van der Waals surface area contributed by atoms with Crippen LogP contribution in [0, 0.1) is 0 Å². The van der Waals surface area contributed by atoms with Crippen molar-refractivity contribution in [1.82, 2.24) is 9.88 Å². The van der Waals surface area contributed by atoms with Gasteiger partial charge < -0.3 is 15.0 Å². The van der Waals surface area contributed by atoms with Gasteiger partial charge in [-0.05, 0) is 20.8 Å². The van der Waals surface area contributed by atoms with E-state index >= 15 is 0 Å². The average Bonchev–Trinajstić information content (AvgIpc) is 2.88. The van der Waals surface area contributed by atoms with E-state index in [1.54, 1.807) is 39.8 Å². The Labute approximate surface area is 129 Å². The van der Waals surface area contributed by atoms with E-state index in [0.717, 1.165) is 0 Å². The van der Waals surface area contributed by atoms with Crippen LogP contribution in [0.25, 0.3) is 0 Å². The molecule has 0 saturated heterocycles. The predicted molar refractivity (Wildman–Crippen MR) is 83.6 cm³/mol. The fourth-order valence-electron chi connectivity index (χ4n) is 1.56. The van der Waals surface area contributed by atoms with Crippen molar-refractivity contribution in [3.05, 3.63) is 11.1 Å². The zero-order valence-electron chi connectivity index (χ0n) is 13.2. The van der Waals surface area contributed by atoms with E-state index in [1.165, 1.54) is 11.3 Å². The zero-order valence-corrected chi connectivity index (χ0v) is 14.0. The first-order valence-corrected chi connectivity index (χ1v) is 7.74. The molecule has 0 fully saturated rings. The maximum Gasteiger partial charge on any atom is 0.317 e. The lowest BCUT2D eigenvalue weighted by molar-refractivity contribution is -0.148. The molecule has 0 aliphatic heterocycles. The third-order valence-corrected chi connectivity index (χ3v) is 3.84. The number of hydrogen-bond donors (Lipinski definition) is 1. The summed E-state index contributed by atoms with van der Waals surface area (Å²) in [5, 5.41) is 5.64. The highest BCUT2D eigenvalue weighted by molar-refractivity contribution is 7.13. The molecule has 1 amide bonds. The van der Waals surface area contributed by atoms with Crippen molar-refractivity contribution in [3.8, 4) is 0 Å². The van der Waals surface area contributed by atoms with Gasteiger partial charge in [0.05, 0.1) is 12.3 Å². The maximum absolute atomic E-state index is 11.9. The van der Waals surface area contributed by atoms with Crippen LogP contribution in [0.3, 0.4) is 0 Å². The van der Waals surface area contributed by atoms with E-state index in [2.05, 4.69) is 10.3 Å². The van der Waals surface area contributed by atoms with Crippen LogP contribution in [-0.4, -0.2) is 49.0 Å². The Morgan fingerprint density at radius 2 is 2.10 bits per heavy atom. The number of esters is 1. The van der Waals surface area contributed by atoms with Crippen molar-refractivity contribution in [1.29, 1.82) is 0 Å². The Hall–Kier alpha value is -1.63. The summed E-state index contributed by atoms with van der Waals surface area (Å²) < 4.78 is 5.06. The number of anilines is 1. The minimum atomic E-state index is -0.772. The van der Waals surface area contributed by atoms with E-state index in [0.29, 0.717) is 30.4 Å². The molecular formula is C14H23N3O3S. The fourth-order valence-corrected chi connectivity index (χ4v) is 2.47. The molecule has 0 aliphatic rings. The molecule has 0 aliphatic carbocycles. The molecule has 0 unspecified atom stereocenters. The molecule has 0 aromatic carbocycles. The largest absolute Gasteiger partial charge is 0.465 e. The van der Waals surface area contributed by atoms with Crippen LogP contribution in [0.1, 0.15) is 32.9 Å². The summed E-state index contributed by atoms with van der Waals surface area (Å²) in [5.74, 6) is -0.226. The highest BCUT2D eigenvalue weighted by atomic mass is 32.1. The van der Waals surface area contributed by atoms with Crippen molar-refractivity contribution >= 4 is 28.3 Å². The van der Waals surface area contributed by atoms with Gasteiger partial charge in [0.25, 0.3) is 0 Å². The third-order valence-electron chi connectivity index (χ3n) is 3.04. The summed E-state index contributed by atoms with van der Waals surface area (Å²) in [5.41, 5.74) is -0.0984. The van der Waals surface area contributed by atoms with E-state index in [4.69, 9.17) is 4.74 Å². The van der Waals surface area contributed by atoms with Crippen LogP contribution in [0.15, 0.2) is 5.38 Å². The molecule has 21 heavy (non-hydrogen) atoms. The molecule has 0 spiro atoms. The molecule has 1 N–H and O–H groups in total. The first-order valence-electron chi connectivity index (χ1n) is 6.86. The second-order valence-corrected chi connectivity index (χ2v) is 6.21. The molecule has 1 rings (SSSR count). The minimum absolute atomic E-state index is 0.0612. The zero-order chi connectivity index (χ0) is 16.0. The SMILES string of the molecule is CCOC(=O)C(C)(C)c1csc(NCCC(=O)N(C)C)n1. The lowest BCUT2D eigenvalue weighted by atomic mass is 9.90. The van der Waals surface area contributed by atoms with Crippen LogP contribution in [0.2, 0.25) is 0 Å². The molecular weight excluding hydrogens is 290 g/mol. The van der Waals surface area contributed by atoms with Crippen molar-refractivity contribution < 1.29 is 14.3 Å². The van der Waals surface area contributed by atoms with E-state index in [9.17, 15) is 9.59 Å². The molecule has 1 heterocycles.